The van der Waals surface area contributed by atoms with Gasteiger partial charge in [-0.15, -0.1) is 0 Å². The first-order chi connectivity index (χ1) is 10.6. The quantitative estimate of drug-likeness (QED) is 0.782. The standard InChI is InChI=1S/C18H14F2O2/c19-16(20)11-17(21)22-18-14-7-3-1-5-12(14)9-10-13-6-2-4-8-15(13)18/h1-10,16,18H,11H2. The van der Waals surface area contributed by atoms with E-state index in [4.69, 9.17) is 4.74 Å². The van der Waals surface area contributed by atoms with Crippen molar-refractivity contribution in [1.29, 1.82) is 0 Å². The molecule has 0 aliphatic heterocycles. The van der Waals surface area contributed by atoms with Crippen molar-refractivity contribution in [3.63, 3.8) is 0 Å². The molecule has 4 heteroatoms. The molecule has 0 bridgehead atoms. The first kappa shape index (κ1) is 14.4. The summed E-state index contributed by atoms with van der Waals surface area (Å²) >= 11 is 0. The van der Waals surface area contributed by atoms with Crippen LogP contribution in [0.5, 0.6) is 0 Å². The van der Waals surface area contributed by atoms with E-state index in [0.717, 1.165) is 22.3 Å². The van der Waals surface area contributed by atoms with E-state index in [2.05, 4.69) is 0 Å². The highest BCUT2D eigenvalue weighted by atomic mass is 19.3. The van der Waals surface area contributed by atoms with Crippen LogP contribution in [-0.4, -0.2) is 12.4 Å². The number of benzene rings is 2. The SMILES string of the molecule is O=C(CC(F)F)OC1c2ccccc2C=Cc2ccccc21. The molecular formula is C18H14F2O2. The van der Waals surface area contributed by atoms with Gasteiger partial charge in [0.2, 0.25) is 6.43 Å². The second kappa shape index (κ2) is 6.10. The van der Waals surface area contributed by atoms with E-state index in [1.807, 2.05) is 60.7 Å². The summed E-state index contributed by atoms with van der Waals surface area (Å²) in [5.74, 6) is -0.897. The van der Waals surface area contributed by atoms with Gasteiger partial charge in [-0.25, -0.2) is 8.78 Å². The molecule has 1 aliphatic carbocycles. The van der Waals surface area contributed by atoms with Crippen LogP contribution in [0, 0.1) is 0 Å². The molecule has 0 saturated carbocycles. The summed E-state index contributed by atoms with van der Waals surface area (Å²) in [4.78, 5) is 11.7. The lowest BCUT2D eigenvalue weighted by molar-refractivity contribution is -0.150. The van der Waals surface area contributed by atoms with Gasteiger partial charge in [-0.2, -0.15) is 0 Å². The van der Waals surface area contributed by atoms with Crippen molar-refractivity contribution >= 4 is 18.1 Å². The zero-order valence-corrected chi connectivity index (χ0v) is 11.7. The minimum absolute atomic E-state index is 0.673. The van der Waals surface area contributed by atoms with E-state index >= 15 is 0 Å². The Labute approximate surface area is 127 Å². The number of alkyl halides is 2. The number of carbonyl (C=O) groups excluding carboxylic acids is 1. The summed E-state index contributed by atoms with van der Waals surface area (Å²) in [6.45, 7) is 0. The van der Waals surface area contributed by atoms with E-state index in [1.165, 1.54) is 0 Å². The third-order valence-corrected chi connectivity index (χ3v) is 3.57. The molecule has 1 aliphatic rings. The maximum atomic E-state index is 12.4. The molecule has 0 saturated heterocycles. The van der Waals surface area contributed by atoms with Crippen molar-refractivity contribution in [2.24, 2.45) is 0 Å². The molecule has 0 heterocycles. The van der Waals surface area contributed by atoms with Gasteiger partial charge in [0.25, 0.3) is 0 Å². The van der Waals surface area contributed by atoms with Crippen LogP contribution in [0.4, 0.5) is 8.78 Å². The fourth-order valence-corrected chi connectivity index (χ4v) is 2.58. The maximum absolute atomic E-state index is 12.4. The fourth-order valence-electron chi connectivity index (χ4n) is 2.58. The highest BCUT2D eigenvalue weighted by molar-refractivity contribution is 5.77. The van der Waals surface area contributed by atoms with Gasteiger partial charge in [0.15, 0.2) is 6.10 Å². The smallest absolute Gasteiger partial charge is 0.312 e. The molecule has 0 radical (unpaired) electrons. The molecule has 22 heavy (non-hydrogen) atoms. The first-order valence-corrected chi connectivity index (χ1v) is 6.98. The number of esters is 1. The monoisotopic (exact) mass is 300 g/mol. The Balaban J connectivity index is 2.03. The zero-order valence-electron chi connectivity index (χ0n) is 11.7. The second-order valence-electron chi connectivity index (χ2n) is 5.06. The van der Waals surface area contributed by atoms with E-state index in [-0.39, 0.29) is 0 Å². The average Bonchev–Trinajstić information content (AvgIpc) is 2.65. The molecule has 0 aromatic heterocycles. The van der Waals surface area contributed by atoms with Gasteiger partial charge in [0, 0.05) is 11.1 Å². The Morgan fingerprint density at radius 3 is 1.95 bits per heavy atom. The average molecular weight is 300 g/mol. The van der Waals surface area contributed by atoms with Crippen LogP contribution >= 0.6 is 0 Å². The Morgan fingerprint density at radius 2 is 1.45 bits per heavy atom. The number of halogens is 2. The predicted molar refractivity (Wildman–Crippen MR) is 80.4 cm³/mol. The molecule has 0 unspecified atom stereocenters. The second-order valence-corrected chi connectivity index (χ2v) is 5.06. The molecule has 0 spiro atoms. The molecule has 2 nitrogen and oxygen atoms in total. The third kappa shape index (κ3) is 2.91. The van der Waals surface area contributed by atoms with Crippen LogP contribution in [0.1, 0.15) is 34.8 Å². The lowest BCUT2D eigenvalue weighted by atomic mass is 9.96. The van der Waals surface area contributed by atoms with Crippen LogP contribution in [0.2, 0.25) is 0 Å². The summed E-state index contributed by atoms with van der Waals surface area (Å²) < 4.78 is 30.2. The van der Waals surface area contributed by atoms with Crippen molar-refractivity contribution in [3.8, 4) is 0 Å². The Hall–Kier alpha value is -2.49. The van der Waals surface area contributed by atoms with Gasteiger partial charge in [-0.1, -0.05) is 60.7 Å². The van der Waals surface area contributed by atoms with Crippen molar-refractivity contribution in [2.75, 3.05) is 0 Å². The Bertz CT molecular complexity index is 673. The molecule has 0 N–H and O–H groups in total. The molecule has 3 rings (SSSR count). The molecular weight excluding hydrogens is 286 g/mol. The number of rotatable bonds is 3. The third-order valence-electron chi connectivity index (χ3n) is 3.57. The van der Waals surface area contributed by atoms with Crippen molar-refractivity contribution < 1.29 is 18.3 Å². The summed E-state index contributed by atoms with van der Waals surface area (Å²) in [5, 5.41) is 0. The highest BCUT2D eigenvalue weighted by Gasteiger charge is 2.25. The lowest BCUT2D eigenvalue weighted by Crippen LogP contribution is -2.16. The van der Waals surface area contributed by atoms with Crippen LogP contribution in [0.25, 0.3) is 12.2 Å². The first-order valence-electron chi connectivity index (χ1n) is 6.98. The molecule has 0 fully saturated rings. The van der Waals surface area contributed by atoms with Crippen LogP contribution in [0.3, 0.4) is 0 Å². The van der Waals surface area contributed by atoms with Gasteiger partial charge in [-0.05, 0) is 11.1 Å². The molecule has 112 valence electrons. The number of fused-ring (bicyclic) bond motifs is 2. The van der Waals surface area contributed by atoms with E-state index < -0.39 is 24.9 Å². The number of ether oxygens (including phenoxy) is 1. The molecule has 0 amide bonds. The van der Waals surface area contributed by atoms with E-state index in [0.29, 0.717) is 0 Å². The largest absolute Gasteiger partial charge is 0.452 e. The van der Waals surface area contributed by atoms with Crippen molar-refractivity contribution in [3.05, 3.63) is 70.8 Å². The highest BCUT2D eigenvalue weighted by Crippen LogP contribution is 2.35. The number of hydrogen-bond donors (Lipinski definition) is 0. The normalized spacial score (nSPS) is 13.4. The van der Waals surface area contributed by atoms with Crippen molar-refractivity contribution in [2.45, 2.75) is 19.0 Å². The Kier molecular flexibility index (Phi) is 4.00. The van der Waals surface area contributed by atoms with Gasteiger partial charge >= 0.3 is 5.97 Å². The molecule has 2 aromatic rings. The van der Waals surface area contributed by atoms with Gasteiger partial charge in [-0.3, -0.25) is 4.79 Å². The topological polar surface area (TPSA) is 26.3 Å². The van der Waals surface area contributed by atoms with Crippen LogP contribution < -0.4 is 0 Å². The van der Waals surface area contributed by atoms with Crippen LogP contribution in [0.15, 0.2) is 48.5 Å². The van der Waals surface area contributed by atoms with E-state index in [9.17, 15) is 13.6 Å². The maximum Gasteiger partial charge on any atom is 0.312 e. The zero-order chi connectivity index (χ0) is 15.5. The molecule has 2 aromatic carbocycles. The van der Waals surface area contributed by atoms with Crippen molar-refractivity contribution in [1.82, 2.24) is 0 Å². The predicted octanol–water partition coefficient (Wildman–Crippen LogP) is 4.46. The fraction of sp³-hybridized carbons (Fsp3) is 0.167. The van der Waals surface area contributed by atoms with Gasteiger partial charge in [0.05, 0.1) is 0 Å². The van der Waals surface area contributed by atoms with Crippen LogP contribution in [-0.2, 0) is 9.53 Å². The number of carbonyl (C=O) groups is 1. The summed E-state index contributed by atoms with van der Waals surface area (Å²) in [5.41, 5.74) is 3.42. The summed E-state index contributed by atoms with van der Waals surface area (Å²) in [6, 6.07) is 15.0. The molecule has 0 atom stereocenters. The van der Waals surface area contributed by atoms with Gasteiger partial charge < -0.3 is 4.74 Å². The lowest BCUT2D eigenvalue weighted by Gasteiger charge is -2.20. The minimum Gasteiger partial charge on any atom is -0.452 e. The minimum atomic E-state index is -2.71. The van der Waals surface area contributed by atoms with Gasteiger partial charge in [0.1, 0.15) is 6.42 Å². The van der Waals surface area contributed by atoms with E-state index in [1.54, 1.807) is 0 Å². The number of hydrogen-bond acceptors (Lipinski definition) is 2. The summed E-state index contributed by atoms with van der Waals surface area (Å²) in [6.07, 6.45) is -0.395. The summed E-state index contributed by atoms with van der Waals surface area (Å²) in [7, 11) is 0. The Morgan fingerprint density at radius 1 is 0.955 bits per heavy atom.